The molecule has 0 saturated carbocycles. The van der Waals surface area contributed by atoms with Crippen LogP contribution in [-0.2, 0) is 9.59 Å². The average Bonchev–Trinajstić information content (AvgIpc) is 3.32. The number of anilines is 1. The molecule has 2 aromatic rings. The van der Waals surface area contributed by atoms with Crippen molar-refractivity contribution in [3.8, 4) is 5.75 Å². The Kier molecular flexibility index (Phi) is 6.32. The average molecular weight is 428 g/mol. The summed E-state index contributed by atoms with van der Waals surface area (Å²) in [5.41, 5.74) is 1.45. The molecule has 2 aliphatic heterocycles. The van der Waals surface area contributed by atoms with E-state index in [0.717, 1.165) is 18.5 Å². The molecule has 1 aromatic heterocycles. The smallest absolute Gasteiger partial charge is 0.252 e. The molecule has 2 aliphatic rings. The van der Waals surface area contributed by atoms with Gasteiger partial charge in [0.1, 0.15) is 12.4 Å². The van der Waals surface area contributed by atoms with Crippen molar-refractivity contribution < 1.29 is 19.1 Å². The lowest BCUT2D eigenvalue weighted by atomic mass is 10.0. The molecule has 0 radical (unpaired) electrons. The molecule has 0 bridgehead atoms. The predicted molar refractivity (Wildman–Crippen MR) is 115 cm³/mol. The van der Waals surface area contributed by atoms with Crippen molar-refractivity contribution >= 4 is 34.7 Å². The van der Waals surface area contributed by atoms with Crippen LogP contribution in [0.3, 0.4) is 0 Å². The van der Waals surface area contributed by atoms with Gasteiger partial charge in [0.25, 0.3) is 5.91 Å². The Morgan fingerprint density at radius 1 is 1.03 bits per heavy atom. The maximum Gasteiger partial charge on any atom is 0.252 e. The fraction of sp³-hybridized carbons (Fsp3) is 0.409. The van der Waals surface area contributed by atoms with E-state index in [-0.39, 0.29) is 36.6 Å². The first kappa shape index (κ1) is 20.4. The number of hydrogen-bond donors (Lipinski definition) is 1. The number of hydrogen-bond acceptors (Lipinski definition) is 5. The van der Waals surface area contributed by atoms with E-state index in [2.05, 4.69) is 5.32 Å². The molecular formula is C22H25N3O4S. The van der Waals surface area contributed by atoms with Gasteiger partial charge in [-0.15, -0.1) is 0 Å². The van der Waals surface area contributed by atoms with Crippen LogP contribution in [0.1, 0.15) is 36.0 Å². The van der Waals surface area contributed by atoms with Gasteiger partial charge in [-0.25, -0.2) is 0 Å². The highest BCUT2D eigenvalue weighted by atomic mass is 32.1. The summed E-state index contributed by atoms with van der Waals surface area (Å²) in [7, 11) is 0. The van der Waals surface area contributed by atoms with E-state index in [1.807, 2.05) is 41.1 Å². The molecule has 0 aliphatic carbocycles. The number of likely N-dealkylation sites (tertiary alicyclic amines) is 1. The predicted octanol–water partition coefficient (Wildman–Crippen LogP) is 2.67. The molecule has 1 aromatic carbocycles. The summed E-state index contributed by atoms with van der Waals surface area (Å²) in [6.45, 7) is 2.16. The number of carbonyl (C=O) groups excluding carboxylic acids is 3. The third-order valence-corrected chi connectivity index (χ3v) is 6.23. The summed E-state index contributed by atoms with van der Waals surface area (Å²) < 4.78 is 5.59. The monoisotopic (exact) mass is 427 g/mol. The number of piperidine rings is 1. The molecule has 0 spiro atoms. The lowest BCUT2D eigenvalue weighted by Crippen LogP contribution is -2.46. The molecule has 7 nitrogen and oxygen atoms in total. The van der Waals surface area contributed by atoms with E-state index < -0.39 is 0 Å². The standard InChI is InChI=1S/C22H25N3O4S/c26-20(5-6-21(27)25-12-13-29-19-4-2-1-3-18(19)25)24-10-7-17(8-11-24)23-22(28)16-9-14-30-15-16/h1-4,9,14-15,17H,5-8,10-13H2,(H,23,28). The number of rotatable bonds is 5. The number of nitrogens with zero attached hydrogens (tertiary/aromatic N) is 2. The molecule has 0 unspecified atom stereocenters. The Morgan fingerprint density at radius 3 is 2.57 bits per heavy atom. The molecule has 1 N–H and O–H groups in total. The SMILES string of the molecule is O=C(NC1CCN(C(=O)CCC(=O)N2CCOc3ccccc32)CC1)c1ccsc1. The zero-order valence-electron chi connectivity index (χ0n) is 16.7. The van der Waals surface area contributed by atoms with Crippen LogP contribution in [0, 0.1) is 0 Å². The number of ether oxygens (including phenoxy) is 1. The summed E-state index contributed by atoms with van der Waals surface area (Å²) in [4.78, 5) is 41.0. The van der Waals surface area contributed by atoms with Gasteiger partial charge in [0.05, 0.1) is 12.2 Å². The van der Waals surface area contributed by atoms with Crippen molar-refractivity contribution in [2.24, 2.45) is 0 Å². The van der Waals surface area contributed by atoms with Gasteiger partial charge in [0, 0.05) is 42.9 Å². The van der Waals surface area contributed by atoms with E-state index in [1.54, 1.807) is 9.80 Å². The van der Waals surface area contributed by atoms with Gasteiger partial charge in [0.2, 0.25) is 11.8 Å². The third-order valence-electron chi connectivity index (χ3n) is 5.55. The van der Waals surface area contributed by atoms with Crippen molar-refractivity contribution in [2.75, 3.05) is 31.1 Å². The zero-order valence-corrected chi connectivity index (χ0v) is 17.5. The second-order valence-electron chi connectivity index (χ2n) is 7.50. The number of thiophene rings is 1. The Labute approximate surface area is 179 Å². The molecule has 30 heavy (non-hydrogen) atoms. The first-order valence-corrected chi connectivity index (χ1v) is 11.2. The molecular weight excluding hydrogens is 402 g/mol. The number of carbonyl (C=O) groups is 3. The minimum Gasteiger partial charge on any atom is -0.490 e. The fourth-order valence-corrected chi connectivity index (χ4v) is 4.51. The van der Waals surface area contributed by atoms with Crippen LogP contribution in [-0.4, -0.2) is 54.9 Å². The molecule has 0 atom stereocenters. The summed E-state index contributed by atoms with van der Waals surface area (Å²) in [5, 5.41) is 6.75. The van der Waals surface area contributed by atoms with Crippen LogP contribution in [0.25, 0.3) is 0 Å². The van der Waals surface area contributed by atoms with Crippen LogP contribution >= 0.6 is 11.3 Å². The van der Waals surface area contributed by atoms with Gasteiger partial charge in [-0.05, 0) is 36.4 Å². The fourth-order valence-electron chi connectivity index (χ4n) is 3.87. The van der Waals surface area contributed by atoms with Crippen LogP contribution in [0.5, 0.6) is 5.75 Å². The van der Waals surface area contributed by atoms with Crippen molar-refractivity contribution in [2.45, 2.75) is 31.7 Å². The lowest BCUT2D eigenvalue weighted by Gasteiger charge is -2.33. The maximum absolute atomic E-state index is 12.7. The van der Waals surface area contributed by atoms with E-state index in [9.17, 15) is 14.4 Å². The van der Waals surface area contributed by atoms with E-state index in [4.69, 9.17) is 4.74 Å². The van der Waals surface area contributed by atoms with Gasteiger partial charge in [-0.2, -0.15) is 11.3 Å². The number of benzene rings is 1. The summed E-state index contributed by atoms with van der Waals surface area (Å²) >= 11 is 1.50. The van der Waals surface area contributed by atoms with Crippen LogP contribution in [0.15, 0.2) is 41.1 Å². The summed E-state index contributed by atoms with van der Waals surface area (Å²) in [6, 6.07) is 9.35. The molecule has 4 rings (SSSR count). The Hall–Kier alpha value is -2.87. The highest BCUT2D eigenvalue weighted by Crippen LogP contribution is 2.31. The number of para-hydroxylation sites is 2. The van der Waals surface area contributed by atoms with Crippen molar-refractivity contribution in [1.82, 2.24) is 10.2 Å². The minimum absolute atomic E-state index is 0.00694. The summed E-state index contributed by atoms with van der Waals surface area (Å²) in [5.74, 6) is 0.580. The molecule has 3 heterocycles. The summed E-state index contributed by atoms with van der Waals surface area (Å²) in [6.07, 6.45) is 1.84. The second kappa shape index (κ2) is 9.30. The van der Waals surface area contributed by atoms with Gasteiger partial charge in [0.15, 0.2) is 0 Å². The highest BCUT2D eigenvalue weighted by Gasteiger charge is 2.27. The van der Waals surface area contributed by atoms with Gasteiger partial charge in [-0.1, -0.05) is 12.1 Å². The number of fused-ring (bicyclic) bond motifs is 1. The molecule has 158 valence electrons. The molecule has 1 fully saturated rings. The third kappa shape index (κ3) is 4.64. The van der Waals surface area contributed by atoms with E-state index in [0.29, 0.717) is 37.6 Å². The lowest BCUT2D eigenvalue weighted by molar-refractivity contribution is -0.134. The number of amides is 3. The van der Waals surface area contributed by atoms with Crippen LogP contribution in [0.2, 0.25) is 0 Å². The van der Waals surface area contributed by atoms with Crippen molar-refractivity contribution in [3.05, 3.63) is 46.7 Å². The Balaban J connectivity index is 1.23. The minimum atomic E-state index is -0.0583. The number of nitrogens with one attached hydrogen (secondary N) is 1. The molecule has 8 heteroatoms. The highest BCUT2D eigenvalue weighted by molar-refractivity contribution is 7.08. The van der Waals surface area contributed by atoms with Crippen molar-refractivity contribution in [3.63, 3.8) is 0 Å². The quantitative estimate of drug-likeness (QED) is 0.796. The zero-order chi connectivity index (χ0) is 20.9. The van der Waals surface area contributed by atoms with Gasteiger partial charge in [-0.3, -0.25) is 14.4 Å². The molecule has 1 saturated heterocycles. The normalized spacial score (nSPS) is 16.5. The maximum atomic E-state index is 12.7. The van der Waals surface area contributed by atoms with Gasteiger partial charge < -0.3 is 19.9 Å². The van der Waals surface area contributed by atoms with E-state index >= 15 is 0 Å². The first-order chi connectivity index (χ1) is 14.6. The van der Waals surface area contributed by atoms with Crippen LogP contribution in [0.4, 0.5) is 5.69 Å². The first-order valence-electron chi connectivity index (χ1n) is 10.2. The Morgan fingerprint density at radius 2 is 1.80 bits per heavy atom. The Bertz CT molecular complexity index is 907. The van der Waals surface area contributed by atoms with E-state index in [1.165, 1.54) is 11.3 Å². The van der Waals surface area contributed by atoms with Gasteiger partial charge >= 0.3 is 0 Å². The van der Waals surface area contributed by atoms with Crippen LogP contribution < -0.4 is 15.0 Å². The van der Waals surface area contributed by atoms with Crippen molar-refractivity contribution in [1.29, 1.82) is 0 Å². The topological polar surface area (TPSA) is 79.0 Å². The molecule has 3 amide bonds. The largest absolute Gasteiger partial charge is 0.490 e. The second-order valence-corrected chi connectivity index (χ2v) is 8.28.